The first-order valence-corrected chi connectivity index (χ1v) is 12.5. The summed E-state index contributed by atoms with van der Waals surface area (Å²) < 4.78 is 0. The second-order valence-corrected chi connectivity index (χ2v) is 12.5. The third-order valence-electron chi connectivity index (χ3n) is 7.60. The molecule has 2 atom stereocenters. The Labute approximate surface area is 186 Å². The van der Waals surface area contributed by atoms with E-state index in [9.17, 15) is 0 Å². The molecular weight excluding hydrogens is 372 g/mol. The standard InChI is InChI=1S/C26H48N2O2/c1-23(2)17-11-18-24(3,4)27(23)29-21-13-9-10-14-22(16-15-21)30-28-25(5,6)19-12-20-26(28,7)8/h15-16,21-22H,9-14,17-20H2,1-8H3/t21-,22+. The van der Waals surface area contributed by atoms with Crippen molar-refractivity contribution in [2.75, 3.05) is 0 Å². The van der Waals surface area contributed by atoms with E-state index >= 15 is 0 Å². The average molecular weight is 421 g/mol. The fourth-order valence-corrected chi connectivity index (χ4v) is 6.10. The van der Waals surface area contributed by atoms with Crippen LogP contribution in [0, 0.1) is 0 Å². The summed E-state index contributed by atoms with van der Waals surface area (Å²) in [4.78, 5) is 13.4. The zero-order valence-corrected chi connectivity index (χ0v) is 21.1. The molecule has 0 saturated carbocycles. The molecule has 30 heavy (non-hydrogen) atoms. The lowest BCUT2D eigenvalue weighted by Crippen LogP contribution is -2.59. The minimum atomic E-state index is 0.0791. The normalized spacial score (nSPS) is 34.3. The van der Waals surface area contributed by atoms with Gasteiger partial charge in [-0.2, -0.15) is 10.1 Å². The monoisotopic (exact) mass is 420 g/mol. The van der Waals surface area contributed by atoms with Crippen molar-refractivity contribution in [3.05, 3.63) is 12.2 Å². The van der Waals surface area contributed by atoms with Gasteiger partial charge in [-0.15, -0.1) is 0 Å². The number of hydroxylamine groups is 4. The lowest BCUT2D eigenvalue weighted by molar-refractivity contribution is -0.301. The Morgan fingerprint density at radius 2 is 0.833 bits per heavy atom. The highest BCUT2D eigenvalue weighted by Crippen LogP contribution is 2.41. The molecule has 0 aromatic carbocycles. The van der Waals surface area contributed by atoms with Crippen LogP contribution in [0.2, 0.25) is 0 Å². The summed E-state index contributed by atoms with van der Waals surface area (Å²) >= 11 is 0. The van der Waals surface area contributed by atoms with Crippen LogP contribution < -0.4 is 0 Å². The van der Waals surface area contributed by atoms with Crippen molar-refractivity contribution in [3.8, 4) is 0 Å². The van der Waals surface area contributed by atoms with E-state index in [4.69, 9.17) is 9.68 Å². The molecule has 0 amide bonds. The highest BCUT2D eigenvalue weighted by Gasteiger charge is 2.45. The van der Waals surface area contributed by atoms with Crippen LogP contribution in [0.15, 0.2) is 12.2 Å². The molecule has 174 valence electrons. The molecule has 2 fully saturated rings. The van der Waals surface area contributed by atoms with Crippen LogP contribution >= 0.6 is 0 Å². The lowest BCUT2D eigenvalue weighted by Gasteiger charge is -2.52. The second-order valence-electron chi connectivity index (χ2n) is 12.5. The summed E-state index contributed by atoms with van der Waals surface area (Å²) in [5.74, 6) is 0. The molecule has 3 aliphatic rings. The van der Waals surface area contributed by atoms with E-state index in [2.05, 4.69) is 77.7 Å². The first kappa shape index (κ1) is 24.2. The molecule has 4 nitrogen and oxygen atoms in total. The van der Waals surface area contributed by atoms with E-state index in [1.807, 2.05) is 0 Å². The van der Waals surface area contributed by atoms with Gasteiger partial charge in [-0.25, -0.2) is 0 Å². The molecule has 1 aliphatic carbocycles. The summed E-state index contributed by atoms with van der Waals surface area (Å²) in [6.45, 7) is 18.6. The van der Waals surface area contributed by atoms with E-state index in [0.29, 0.717) is 0 Å². The Hall–Kier alpha value is -0.420. The van der Waals surface area contributed by atoms with Crippen LogP contribution in [-0.4, -0.2) is 44.5 Å². The molecular formula is C26H48N2O2. The van der Waals surface area contributed by atoms with E-state index in [1.165, 1.54) is 51.4 Å². The van der Waals surface area contributed by atoms with Gasteiger partial charge in [-0.05, 0) is 107 Å². The van der Waals surface area contributed by atoms with Gasteiger partial charge in [-0.1, -0.05) is 25.0 Å². The molecule has 0 bridgehead atoms. The third-order valence-corrected chi connectivity index (χ3v) is 7.60. The molecule has 0 aromatic rings. The van der Waals surface area contributed by atoms with Gasteiger partial charge in [0.25, 0.3) is 0 Å². The Bertz CT molecular complexity index is 524. The van der Waals surface area contributed by atoms with Crippen molar-refractivity contribution in [2.24, 2.45) is 0 Å². The van der Waals surface area contributed by atoms with Gasteiger partial charge in [0.2, 0.25) is 0 Å². The van der Waals surface area contributed by atoms with Crippen LogP contribution in [-0.2, 0) is 9.68 Å². The Morgan fingerprint density at radius 1 is 0.533 bits per heavy atom. The largest absolute Gasteiger partial charge is 0.291 e. The van der Waals surface area contributed by atoms with Crippen molar-refractivity contribution in [1.82, 2.24) is 10.1 Å². The van der Waals surface area contributed by atoms with Crippen LogP contribution in [0.1, 0.15) is 120 Å². The van der Waals surface area contributed by atoms with E-state index in [-0.39, 0.29) is 34.4 Å². The highest BCUT2D eigenvalue weighted by atomic mass is 16.7. The lowest BCUT2D eigenvalue weighted by atomic mass is 9.82. The Morgan fingerprint density at radius 3 is 1.13 bits per heavy atom. The minimum Gasteiger partial charge on any atom is -0.291 e. The van der Waals surface area contributed by atoms with Crippen molar-refractivity contribution < 1.29 is 9.68 Å². The maximum absolute atomic E-state index is 6.70. The van der Waals surface area contributed by atoms with Gasteiger partial charge in [0.05, 0.1) is 12.2 Å². The zero-order chi connectivity index (χ0) is 22.2. The third kappa shape index (κ3) is 5.49. The smallest absolute Gasteiger partial charge is 0.0975 e. The van der Waals surface area contributed by atoms with Gasteiger partial charge < -0.3 is 0 Å². The minimum absolute atomic E-state index is 0.0791. The van der Waals surface area contributed by atoms with E-state index < -0.39 is 0 Å². The summed E-state index contributed by atoms with van der Waals surface area (Å²) in [5.41, 5.74) is 0.316. The Balaban J connectivity index is 1.70. The molecule has 0 unspecified atom stereocenters. The maximum Gasteiger partial charge on any atom is 0.0975 e. The number of hydrogen-bond acceptors (Lipinski definition) is 4. The highest BCUT2D eigenvalue weighted by molar-refractivity contribution is 5.00. The average Bonchev–Trinajstić information content (AvgIpc) is 2.57. The van der Waals surface area contributed by atoms with E-state index in [1.54, 1.807) is 0 Å². The SMILES string of the molecule is CC1(C)CCCC(C)(C)N1O[C@@H]1C=C[C@H](ON2C(C)(C)CCCC2(C)C)CCCC1. The quantitative estimate of drug-likeness (QED) is 0.467. The van der Waals surface area contributed by atoms with Gasteiger partial charge in [0, 0.05) is 22.2 Å². The van der Waals surface area contributed by atoms with Gasteiger partial charge >= 0.3 is 0 Å². The van der Waals surface area contributed by atoms with E-state index in [0.717, 1.165) is 12.8 Å². The number of rotatable bonds is 4. The summed E-state index contributed by atoms with van der Waals surface area (Å²) in [7, 11) is 0. The number of piperidine rings is 2. The summed E-state index contributed by atoms with van der Waals surface area (Å²) in [5, 5.41) is 4.62. The molecule has 3 rings (SSSR count). The predicted octanol–water partition coefficient (Wildman–Crippen LogP) is 6.80. The molecule has 0 spiro atoms. The molecule has 0 radical (unpaired) electrons. The number of hydrogen-bond donors (Lipinski definition) is 0. The molecule has 0 N–H and O–H groups in total. The second kappa shape index (κ2) is 8.84. The molecule has 0 aromatic heterocycles. The van der Waals surface area contributed by atoms with Crippen LogP contribution in [0.5, 0.6) is 0 Å². The first-order valence-electron chi connectivity index (χ1n) is 12.5. The summed E-state index contributed by atoms with van der Waals surface area (Å²) in [6.07, 6.45) is 16.7. The first-order chi connectivity index (χ1) is 13.8. The fourth-order valence-electron chi connectivity index (χ4n) is 6.10. The van der Waals surface area contributed by atoms with Gasteiger partial charge in [0.1, 0.15) is 0 Å². The zero-order valence-electron chi connectivity index (χ0n) is 21.1. The van der Waals surface area contributed by atoms with Gasteiger partial charge in [0.15, 0.2) is 0 Å². The molecule has 4 heteroatoms. The summed E-state index contributed by atoms with van der Waals surface area (Å²) in [6, 6.07) is 0. The van der Waals surface area contributed by atoms with Crippen molar-refractivity contribution in [3.63, 3.8) is 0 Å². The molecule has 2 heterocycles. The molecule has 2 aliphatic heterocycles. The number of nitrogens with zero attached hydrogens (tertiary/aromatic N) is 2. The van der Waals surface area contributed by atoms with Crippen LogP contribution in [0.4, 0.5) is 0 Å². The topological polar surface area (TPSA) is 24.9 Å². The van der Waals surface area contributed by atoms with Crippen LogP contribution in [0.3, 0.4) is 0 Å². The van der Waals surface area contributed by atoms with Crippen LogP contribution in [0.25, 0.3) is 0 Å². The van der Waals surface area contributed by atoms with Gasteiger partial charge in [-0.3, -0.25) is 9.68 Å². The maximum atomic E-state index is 6.70. The van der Waals surface area contributed by atoms with Crippen molar-refractivity contribution in [2.45, 2.75) is 154 Å². The van der Waals surface area contributed by atoms with Crippen molar-refractivity contribution in [1.29, 1.82) is 0 Å². The van der Waals surface area contributed by atoms with Crippen molar-refractivity contribution >= 4 is 0 Å². The Kier molecular flexibility index (Phi) is 7.14. The molecule has 2 saturated heterocycles. The fraction of sp³-hybridized carbons (Fsp3) is 0.923. The predicted molar refractivity (Wildman–Crippen MR) is 125 cm³/mol.